The van der Waals surface area contributed by atoms with Crippen molar-refractivity contribution in [1.29, 1.82) is 0 Å². The van der Waals surface area contributed by atoms with Gasteiger partial charge in [-0.05, 0) is 47.0 Å². The average molecular weight is 326 g/mol. The fraction of sp³-hybridized carbons (Fsp3) is 0.750. The van der Waals surface area contributed by atoms with E-state index in [0.29, 0.717) is 6.61 Å². The molecule has 0 N–H and O–H groups in total. The van der Waals surface area contributed by atoms with Crippen LogP contribution in [0, 0.1) is 0 Å². The SMILES string of the molecule is C[C@@H](OC[C@@H]1CCCCN1C(=O)OC(C)(C)C)c1nccs1. The Kier molecular flexibility index (Phi) is 5.81. The van der Waals surface area contributed by atoms with Gasteiger partial charge in [-0.3, -0.25) is 0 Å². The van der Waals surface area contributed by atoms with E-state index >= 15 is 0 Å². The minimum atomic E-state index is -0.464. The van der Waals surface area contributed by atoms with Crippen LogP contribution in [0.25, 0.3) is 0 Å². The van der Waals surface area contributed by atoms with Crippen molar-refractivity contribution in [3.05, 3.63) is 16.6 Å². The van der Waals surface area contributed by atoms with Crippen LogP contribution in [0.3, 0.4) is 0 Å². The van der Waals surface area contributed by atoms with Gasteiger partial charge in [0.1, 0.15) is 16.7 Å². The molecule has 5 nitrogen and oxygen atoms in total. The minimum Gasteiger partial charge on any atom is -0.444 e. The number of amides is 1. The number of carbonyl (C=O) groups excluding carboxylic acids is 1. The number of likely N-dealkylation sites (tertiary alicyclic amines) is 1. The molecule has 0 aromatic carbocycles. The second-order valence-electron chi connectivity index (χ2n) is 6.67. The Bertz CT molecular complexity index is 470. The van der Waals surface area contributed by atoms with Crippen molar-refractivity contribution < 1.29 is 14.3 Å². The van der Waals surface area contributed by atoms with Crippen LogP contribution >= 0.6 is 11.3 Å². The van der Waals surface area contributed by atoms with Crippen LogP contribution in [0.4, 0.5) is 4.79 Å². The summed E-state index contributed by atoms with van der Waals surface area (Å²) in [6.07, 6.45) is 4.62. The first-order valence-corrected chi connectivity index (χ1v) is 8.75. The molecule has 6 heteroatoms. The lowest BCUT2D eigenvalue weighted by Gasteiger charge is -2.36. The zero-order chi connectivity index (χ0) is 16.2. The fourth-order valence-electron chi connectivity index (χ4n) is 2.50. The molecule has 124 valence electrons. The second-order valence-corrected chi connectivity index (χ2v) is 7.60. The van der Waals surface area contributed by atoms with Gasteiger partial charge in [0.25, 0.3) is 0 Å². The van der Waals surface area contributed by atoms with E-state index in [9.17, 15) is 4.79 Å². The van der Waals surface area contributed by atoms with E-state index in [1.54, 1.807) is 17.5 Å². The maximum absolute atomic E-state index is 12.3. The van der Waals surface area contributed by atoms with Crippen molar-refractivity contribution in [2.24, 2.45) is 0 Å². The van der Waals surface area contributed by atoms with Crippen LogP contribution in [0.1, 0.15) is 58.1 Å². The third-order valence-electron chi connectivity index (χ3n) is 3.59. The van der Waals surface area contributed by atoms with Gasteiger partial charge in [0.05, 0.1) is 12.6 Å². The summed E-state index contributed by atoms with van der Waals surface area (Å²) in [5.74, 6) is 0. The van der Waals surface area contributed by atoms with Crippen molar-refractivity contribution in [2.75, 3.05) is 13.2 Å². The molecule has 1 saturated heterocycles. The Morgan fingerprint density at radius 2 is 2.27 bits per heavy atom. The summed E-state index contributed by atoms with van der Waals surface area (Å²) in [6.45, 7) is 8.95. The maximum Gasteiger partial charge on any atom is 0.410 e. The maximum atomic E-state index is 12.3. The predicted octanol–water partition coefficient (Wildman–Crippen LogP) is 4.01. The summed E-state index contributed by atoms with van der Waals surface area (Å²) in [4.78, 5) is 18.4. The molecule has 2 rings (SSSR count). The van der Waals surface area contributed by atoms with Crippen LogP contribution in [0.15, 0.2) is 11.6 Å². The van der Waals surface area contributed by atoms with Crippen LogP contribution in [-0.2, 0) is 9.47 Å². The van der Waals surface area contributed by atoms with E-state index in [1.165, 1.54) is 0 Å². The molecule has 1 amide bonds. The highest BCUT2D eigenvalue weighted by Crippen LogP contribution is 2.24. The molecule has 0 aliphatic carbocycles. The summed E-state index contributed by atoms with van der Waals surface area (Å²) in [5.41, 5.74) is -0.464. The quantitative estimate of drug-likeness (QED) is 0.839. The molecule has 0 bridgehead atoms. The summed E-state index contributed by atoms with van der Waals surface area (Å²) in [5, 5.41) is 2.92. The Labute approximate surface area is 136 Å². The number of ether oxygens (including phenoxy) is 2. The van der Waals surface area contributed by atoms with Gasteiger partial charge in [-0.2, -0.15) is 0 Å². The number of hydrogen-bond donors (Lipinski definition) is 0. The topological polar surface area (TPSA) is 51.7 Å². The third kappa shape index (κ3) is 4.95. The highest BCUT2D eigenvalue weighted by molar-refractivity contribution is 7.09. The van der Waals surface area contributed by atoms with Gasteiger partial charge < -0.3 is 14.4 Å². The van der Waals surface area contributed by atoms with Gasteiger partial charge in [0.15, 0.2) is 0 Å². The van der Waals surface area contributed by atoms with E-state index in [-0.39, 0.29) is 18.2 Å². The van der Waals surface area contributed by atoms with Gasteiger partial charge in [-0.1, -0.05) is 0 Å². The molecule has 2 heterocycles. The number of carbonyl (C=O) groups is 1. The number of piperidine rings is 1. The lowest BCUT2D eigenvalue weighted by atomic mass is 10.0. The molecule has 1 aromatic rings. The molecule has 2 atom stereocenters. The first kappa shape index (κ1) is 17.2. The summed E-state index contributed by atoms with van der Waals surface area (Å²) in [7, 11) is 0. The molecule has 0 saturated carbocycles. The molecule has 1 aliphatic heterocycles. The Balaban J connectivity index is 1.90. The van der Waals surface area contributed by atoms with E-state index < -0.39 is 5.60 Å². The predicted molar refractivity (Wildman–Crippen MR) is 87.1 cm³/mol. The minimum absolute atomic E-state index is 0.0394. The summed E-state index contributed by atoms with van der Waals surface area (Å²) < 4.78 is 11.4. The van der Waals surface area contributed by atoms with Crippen molar-refractivity contribution in [3.63, 3.8) is 0 Å². The molecule has 1 aliphatic rings. The lowest BCUT2D eigenvalue weighted by Crippen LogP contribution is -2.48. The van der Waals surface area contributed by atoms with Crippen molar-refractivity contribution in [1.82, 2.24) is 9.88 Å². The van der Waals surface area contributed by atoms with Crippen LogP contribution < -0.4 is 0 Å². The number of aromatic nitrogens is 1. The summed E-state index contributed by atoms with van der Waals surface area (Å²) in [6, 6.07) is 0.0889. The number of nitrogens with zero attached hydrogens (tertiary/aromatic N) is 2. The van der Waals surface area contributed by atoms with E-state index in [4.69, 9.17) is 9.47 Å². The first-order chi connectivity index (χ1) is 10.4. The van der Waals surface area contributed by atoms with Gasteiger partial charge in [0, 0.05) is 18.1 Å². The zero-order valence-electron chi connectivity index (χ0n) is 13.9. The molecule has 0 radical (unpaired) electrons. The van der Waals surface area contributed by atoms with Crippen LogP contribution in [0.5, 0.6) is 0 Å². The molecular weight excluding hydrogens is 300 g/mol. The molecule has 22 heavy (non-hydrogen) atoms. The Morgan fingerprint density at radius 1 is 1.50 bits per heavy atom. The van der Waals surface area contributed by atoms with Crippen molar-refractivity contribution in [2.45, 2.75) is 64.7 Å². The number of rotatable bonds is 4. The van der Waals surface area contributed by atoms with E-state index in [1.807, 2.05) is 38.0 Å². The smallest absolute Gasteiger partial charge is 0.410 e. The van der Waals surface area contributed by atoms with E-state index in [0.717, 1.165) is 30.8 Å². The number of hydrogen-bond acceptors (Lipinski definition) is 5. The second kappa shape index (κ2) is 7.42. The summed E-state index contributed by atoms with van der Waals surface area (Å²) >= 11 is 1.59. The lowest BCUT2D eigenvalue weighted by molar-refractivity contribution is -0.0211. The van der Waals surface area contributed by atoms with Crippen LogP contribution in [0.2, 0.25) is 0 Å². The van der Waals surface area contributed by atoms with Gasteiger partial charge in [0.2, 0.25) is 0 Å². The van der Waals surface area contributed by atoms with Gasteiger partial charge in [-0.25, -0.2) is 9.78 Å². The standard InChI is InChI=1S/C16H26N2O3S/c1-12(14-17-8-10-22-14)20-11-13-7-5-6-9-18(13)15(19)21-16(2,3)4/h8,10,12-13H,5-7,9,11H2,1-4H3/t12-,13+/m1/s1. The first-order valence-electron chi connectivity index (χ1n) is 7.87. The molecule has 1 fully saturated rings. The molecule has 0 unspecified atom stereocenters. The van der Waals surface area contributed by atoms with Crippen LogP contribution in [-0.4, -0.2) is 40.8 Å². The Morgan fingerprint density at radius 3 is 2.91 bits per heavy atom. The average Bonchev–Trinajstić information content (AvgIpc) is 2.97. The van der Waals surface area contributed by atoms with Gasteiger partial charge in [-0.15, -0.1) is 11.3 Å². The monoisotopic (exact) mass is 326 g/mol. The largest absolute Gasteiger partial charge is 0.444 e. The normalized spacial score (nSPS) is 20.7. The zero-order valence-corrected chi connectivity index (χ0v) is 14.7. The molecule has 0 spiro atoms. The molecular formula is C16H26N2O3S. The fourth-order valence-corrected chi connectivity index (χ4v) is 3.14. The van der Waals surface area contributed by atoms with Gasteiger partial charge >= 0.3 is 6.09 Å². The number of thiazole rings is 1. The van der Waals surface area contributed by atoms with Crippen molar-refractivity contribution >= 4 is 17.4 Å². The highest BCUT2D eigenvalue weighted by atomic mass is 32.1. The Hall–Kier alpha value is -1.14. The molecule has 1 aromatic heterocycles. The third-order valence-corrected chi connectivity index (χ3v) is 4.53. The van der Waals surface area contributed by atoms with E-state index in [2.05, 4.69) is 4.98 Å². The highest BCUT2D eigenvalue weighted by Gasteiger charge is 2.31. The van der Waals surface area contributed by atoms with Crippen molar-refractivity contribution in [3.8, 4) is 0 Å².